The maximum absolute atomic E-state index is 13.3. The molecule has 2 aromatic heterocycles. The highest BCUT2D eigenvalue weighted by atomic mass is 32.1. The van der Waals surface area contributed by atoms with Crippen molar-refractivity contribution in [3.8, 4) is 0 Å². The number of hydrogen-bond donors (Lipinski definition) is 9. The number of aliphatic hydroxyl groups excluding tert-OH is 1. The summed E-state index contributed by atoms with van der Waals surface area (Å²) in [6, 6.07) is 2.40. The number of carbonyl (C=O) groups is 4. The van der Waals surface area contributed by atoms with Crippen molar-refractivity contribution in [1.82, 2.24) is 30.9 Å². The highest BCUT2D eigenvalue weighted by Crippen LogP contribution is 2.19. The number of thiol groups is 1. The van der Waals surface area contributed by atoms with Crippen molar-refractivity contribution >= 4 is 47.2 Å². The van der Waals surface area contributed by atoms with Gasteiger partial charge in [-0.25, -0.2) is 9.78 Å². The molecule has 0 radical (unpaired) electrons. The first-order chi connectivity index (χ1) is 17.7. The van der Waals surface area contributed by atoms with Crippen molar-refractivity contribution in [2.24, 2.45) is 5.73 Å². The number of carboxylic acids is 1. The van der Waals surface area contributed by atoms with Crippen molar-refractivity contribution in [3.63, 3.8) is 0 Å². The van der Waals surface area contributed by atoms with Gasteiger partial charge in [-0.1, -0.05) is 18.2 Å². The molecular weight excluding hydrogens is 502 g/mol. The van der Waals surface area contributed by atoms with Crippen LogP contribution in [0.2, 0.25) is 0 Å². The number of rotatable bonds is 13. The third-order valence-electron chi connectivity index (χ3n) is 5.67. The number of aliphatic hydroxyl groups is 1. The van der Waals surface area contributed by atoms with E-state index in [-0.39, 0.29) is 18.6 Å². The molecule has 0 saturated heterocycles. The number of carboxylic acid groups (broad SMARTS) is 1. The standard InChI is InChI=1S/C23H29N7O6S/c24-15(10-37)20(32)30-19(9-31)22(34)28-17(5-12-7-26-16-4-2-1-3-14(12)16)21(33)29-18(23(35)36)6-13-8-25-11-27-13/h1-4,7-8,11,15,17-19,26,31,37H,5-6,9-10,24H2,(H,25,27)(H,28,34)(H,29,33)(H,30,32)(H,35,36). The first kappa shape index (κ1) is 27.7. The summed E-state index contributed by atoms with van der Waals surface area (Å²) in [6.07, 6.45) is 4.45. The topological polar surface area (TPSA) is 215 Å². The van der Waals surface area contributed by atoms with Crippen LogP contribution in [0.15, 0.2) is 43.0 Å². The number of amides is 3. The maximum atomic E-state index is 13.3. The van der Waals surface area contributed by atoms with E-state index in [1.54, 1.807) is 6.20 Å². The molecule has 2 heterocycles. The fourth-order valence-corrected chi connectivity index (χ4v) is 3.81. The highest BCUT2D eigenvalue weighted by Gasteiger charge is 2.31. The molecule has 3 amide bonds. The van der Waals surface area contributed by atoms with Crippen LogP contribution in [0.25, 0.3) is 10.9 Å². The molecule has 198 valence electrons. The second kappa shape index (κ2) is 12.9. The molecule has 4 atom stereocenters. The Morgan fingerprint density at radius 3 is 2.30 bits per heavy atom. The monoisotopic (exact) mass is 531 g/mol. The van der Waals surface area contributed by atoms with Gasteiger partial charge in [0.1, 0.15) is 18.1 Å². The van der Waals surface area contributed by atoms with Crippen LogP contribution in [-0.4, -0.2) is 85.4 Å². The third kappa shape index (κ3) is 7.31. The summed E-state index contributed by atoms with van der Waals surface area (Å²) < 4.78 is 0. The average Bonchev–Trinajstić information content (AvgIpc) is 3.55. The minimum Gasteiger partial charge on any atom is -0.480 e. The number of nitrogens with two attached hydrogens (primary N) is 1. The largest absolute Gasteiger partial charge is 0.480 e. The van der Waals surface area contributed by atoms with Gasteiger partial charge < -0.3 is 41.9 Å². The van der Waals surface area contributed by atoms with Gasteiger partial charge >= 0.3 is 5.97 Å². The number of benzene rings is 1. The Kier molecular flexibility index (Phi) is 9.65. The lowest BCUT2D eigenvalue weighted by Gasteiger charge is -2.24. The number of imidazole rings is 1. The second-order valence-electron chi connectivity index (χ2n) is 8.34. The Bertz CT molecular complexity index is 1230. The van der Waals surface area contributed by atoms with Crippen LogP contribution in [0.1, 0.15) is 11.3 Å². The zero-order chi connectivity index (χ0) is 26.9. The van der Waals surface area contributed by atoms with Crippen molar-refractivity contribution < 1.29 is 29.4 Å². The van der Waals surface area contributed by atoms with E-state index in [4.69, 9.17) is 5.73 Å². The van der Waals surface area contributed by atoms with Crippen LogP contribution >= 0.6 is 12.6 Å². The van der Waals surface area contributed by atoms with Crippen LogP contribution in [-0.2, 0) is 32.0 Å². The predicted octanol–water partition coefficient (Wildman–Crippen LogP) is -1.54. The van der Waals surface area contributed by atoms with Gasteiger partial charge in [0, 0.05) is 47.6 Å². The van der Waals surface area contributed by atoms with Gasteiger partial charge in [0.15, 0.2) is 0 Å². The van der Waals surface area contributed by atoms with Crippen LogP contribution in [0.5, 0.6) is 0 Å². The van der Waals surface area contributed by atoms with E-state index in [1.165, 1.54) is 12.5 Å². The molecule has 0 fully saturated rings. The van der Waals surface area contributed by atoms with Gasteiger partial charge in [-0.15, -0.1) is 0 Å². The summed E-state index contributed by atoms with van der Waals surface area (Å²) in [5.41, 5.74) is 7.62. The molecule has 0 aliphatic rings. The number of aromatic amines is 2. The van der Waals surface area contributed by atoms with Crippen molar-refractivity contribution in [2.75, 3.05) is 12.4 Å². The first-order valence-electron chi connectivity index (χ1n) is 11.4. The second-order valence-corrected chi connectivity index (χ2v) is 8.70. The number of H-pyrrole nitrogens is 2. The molecule has 3 rings (SSSR count). The average molecular weight is 532 g/mol. The summed E-state index contributed by atoms with van der Waals surface area (Å²) in [7, 11) is 0. The van der Waals surface area contributed by atoms with E-state index in [0.29, 0.717) is 11.3 Å². The molecule has 14 heteroatoms. The van der Waals surface area contributed by atoms with E-state index in [9.17, 15) is 29.4 Å². The molecular formula is C23H29N7O6S. The fourth-order valence-electron chi connectivity index (χ4n) is 3.65. The first-order valence-corrected chi connectivity index (χ1v) is 12.0. The zero-order valence-corrected chi connectivity index (χ0v) is 20.6. The van der Waals surface area contributed by atoms with Gasteiger partial charge in [-0.2, -0.15) is 12.6 Å². The molecule has 0 bridgehead atoms. The van der Waals surface area contributed by atoms with E-state index >= 15 is 0 Å². The Balaban J connectivity index is 1.82. The minimum atomic E-state index is -1.39. The molecule has 1 aromatic carbocycles. The summed E-state index contributed by atoms with van der Waals surface area (Å²) in [5.74, 6) is -3.57. The zero-order valence-electron chi connectivity index (χ0n) is 19.7. The number of aromatic nitrogens is 3. The van der Waals surface area contributed by atoms with Crippen LogP contribution in [0.4, 0.5) is 0 Å². The number of para-hydroxylation sites is 1. The summed E-state index contributed by atoms with van der Waals surface area (Å²) in [4.78, 5) is 59.9. The van der Waals surface area contributed by atoms with Gasteiger partial charge in [0.05, 0.1) is 19.0 Å². The van der Waals surface area contributed by atoms with Crippen molar-refractivity contribution in [1.29, 1.82) is 0 Å². The molecule has 0 spiro atoms. The number of hydrogen-bond acceptors (Lipinski definition) is 8. The van der Waals surface area contributed by atoms with E-state index in [1.807, 2.05) is 24.3 Å². The molecule has 0 aliphatic heterocycles. The minimum absolute atomic E-state index is 0.000230. The number of nitrogens with one attached hydrogen (secondary N) is 5. The number of nitrogens with zero attached hydrogens (tertiary/aromatic N) is 1. The normalized spacial score (nSPS) is 14.4. The number of fused-ring (bicyclic) bond motifs is 1. The van der Waals surface area contributed by atoms with Gasteiger partial charge in [0.25, 0.3) is 0 Å². The Hall–Kier alpha value is -3.88. The van der Waals surface area contributed by atoms with Crippen LogP contribution in [0.3, 0.4) is 0 Å². The van der Waals surface area contributed by atoms with Crippen molar-refractivity contribution in [3.05, 3.63) is 54.2 Å². The highest BCUT2D eigenvalue weighted by molar-refractivity contribution is 7.80. The van der Waals surface area contributed by atoms with E-state index in [2.05, 4.69) is 43.5 Å². The molecule has 4 unspecified atom stereocenters. The number of aliphatic carboxylic acids is 1. The van der Waals surface area contributed by atoms with Gasteiger partial charge in [-0.3, -0.25) is 14.4 Å². The lowest BCUT2D eigenvalue weighted by atomic mass is 10.0. The Morgan fingerprint density at radius 1 is 0.973 bits per heavy atom. The summed E-state index contributed by atoms with van der Waals surface area (Å²) in [6.45, 7) is -0.754. The Labute approximate surface area is 217 Å². The molecule has 0 aliphatic carbocycles. The quantitative estimate of drug-likeness (QED) is 0.118. The number of carbonyl (C=O) groups excluding carboxylic acids is 3. The van der Waals surface area contributed by atoms with Crippen LogP contribution in [0, 0.1) is 0 Å². The Morgan fingerprint density at radius 2 is 1.65 bits per heavy atom. The molecule has 13 nitrogen and oxygen atoms in total. The molecule has 0 saturated carbocycles. The predicted molar refractivity (Wildman–Crippen MR) is 137 cm³/mol. The van der Waals surface area contributed by atoms with Crippen LogP contribution < -0.4 is 21.7 Å². The third-order valence-corrected chi connectivity index (χ3v) is 6.07. The molecule has 37 heavy (non-hydrogen) atoms. The molecule has 3 aromatic rings. The smallest absolute Gasteiger partial charge is 0.326 e. The lowest BCUT2D eigenvalue weighted by molar-refractivity contribution is -0.142. The van der Waals surface area contributed by atoms with Gasteiger partial charge in [-0.05, 0) is 11.6 Å². The van der Waals surface area contributed by atoms with Gasteiger partial charge in [0.2, 0.25) is 17.7 Å². The summed E-state index contributed by atoms with van der Waals surface area (Å²) >= 11 is 3.94. The summed E-state index contributed by atoms with van der Waals surface area (Å²) in [5, 5.41) is 27.4. The maximum Gasteiger partial charge on any atom is 0.326 e. The SMILES string of the molecule is NC(CS)C(=O)NC(CO)C(=O)NC(Cc1c[nH]c2ccccc12)C(=O)NC(Cc1cnc[nH]1)C(=O)O. The van der Waals surface area contributed by atoms with E-state index in [0.717, 1.165) is 10.9 Å². The lowest BCUT2D eigenvalue weighted by Crippen LogP contribution is -2.58. The van der Waals surface area contributed by atoms with Crippen molar-refractivity contribution in [2.45, 2.75) is 37.0 Å². The van der Waals surface area contributed by atoms with E-state index < -0.39 is 54.5 Å². The fraction of sp³-hybridized carbons (Fsp3) is 0.348. The molecule has 9 N–H and O–H groups in total.